The Morgan fingerprint density at radius 1 is 1.12 bits per heavy atom. The molecule has 0 aromatic heterocycles. The summed E-state index contributed by atoms with van der Waals surface area (Å²) < 4.78 is 23.1. The minimum Gasteiger partial charge on any atom is -0.394 e. The summed E-state index contributed by atoms with van der Waals surface area (Å²) in [7, 11) is 0. The topological polar surface area (TPSA) is 187 Å². The van der Waals surface area contributed by atoms with Crippen LogP contribution in [0.2, 0.25) is 0 Å². The van der Waals surface area contributed by atoms with E-state index in [1.54, 1.807) is 0 Å². The van der Waals surface area contributed by atoms with Gasteiger partial charge in [-0.3, -0.25) is 4.79 Å². The molecule has 0 saturated carbocycles. The van der Waals surface area contributed by atoms with Crippen molar-refractivity contribution in [1.82, 2.24) is 5.32 Å². The van der Waals surface area contributed by atoms with Crippen LogP contribution in [0.25, 0.3) is 0 Å². The molecule has 10 atom stereocenters. The number of amides is 1. The first-order chi connectivity index (χ1) is 15.2. The Kier molecular flexibility index (Phi) is 8.83. The van der Waals surface area contributed by atoms with E-state index in [-0.39, 0.29) is 19.1 Å². The fraction of sp³-hybridized carbons (Fsp3) is 0.950. The second kappa shape index (κ2) is 11.0. The van der Waals surface area contributed by atoms with Crippen LogP contribution >= 0.6 is 0 Å². The van der Waals surface area contributed by atoms with Crippen molar-refractivity contribution in [2.45, 2.75) is 80.8 Å². The molecule has 0 aromatic carbocycles. The van der Waals surface area contributed by atoms with Crippen LogP contribution in [0.4, 0.5) is 0 Å². The average molecular weight is 465 g/mol. The Labute approximate surface area is 186 Å². The number of rotatable bonds is 7. The maximum absolute atomic E-state index is 11.6. The highest BCUT2D eigenvalue weighted by atomic mass is 16.7. The van der Waals surface area contributed by atoms with E-state index in [1.807, 2.05) is 0 Å². The third kappa shape index (κ3) is 5.09. The molecular weight excluding hydrogens is 430 g/mol. The van der Waals surface area contributed by atoms with Gasteiger partial charge >= 0.3 is 0 Å². The summed E-state index contributed by atoms with van der Waals surface area (Å²) in [5, 5.41) is 66.6. The summed E-state index contributed by atoms with van der Waals surface area (Å²) in [6.45, 7) is 0.612. The van der Waals surface area contributed by atoms with Crippen molar-refractivity contribution in [3.63, 3.8) is 0 Å². The van der Waals surface area contributed by atoms with Crippen LogP contribution < -0.4 is 5.32 Å². The third-order valence-electron chi connectivity index (χ3n) is 6.38. The van der Waals surface area contributed by atoms with Crippen molar-refractivity contribution < 1.29 is 54.4 Å². The minimum atomic E-state index is -2.43. The molecule has 6 aliphatic heterocycles. The van der Waals surface area contributed by atoms with Crippen molar-refractivity contribution in [1.29, 1.82) is 0 Å². The molecule has 4 bridgehead atoms. The first-order valence-electron chi connectivity index (χ1n) is 11.0. The summed E-state index contributed by atoms with van der Waals surface area (Å²) >= 11 is 0. The van der Waals surface area contributed by atoms with Crippen molar-refractivity contribution >= 4 is 5.91 Å². The molecular formula is C20H35NO11. The summed E-state index contributed by atoms with van der Waals surface area (Å²) in [4.78, 5) is 11.0. The molecule has 32 heavy (non-hydrogen) atoms. The molecule has 1 amide bonds. The maximum Gasteiger partial charge on any atom is 0.216 e. The van der Waals surface area contributed by atoms with E-state index in [4.69, 9.17) is 18.9 Å². The van der Waals surface area contributed by atoms with Gasteiger partial charge in [0.05, 0.1) is 37.4 Å². The molecule has 6 aliphatic rings. The molecule has 0 aliphatic carbocycles. The van der Waals surface area contributed by atoms with Gasteiger partial charge in [-0.1, -0.05) is 0 Å². The Bertz CT molecular complexity index is 622. The number of carbonyl (C=O) groups is 1. The van der Waals surface area contributed by atoms with Crippen molar-refractivity contribution in [2.24, 2.45) is 5.92 Å². The molecule has 7 N–H and O–H groups in total. The van der Waals surface area contributed by atoms with Gasteiger partial charge in [0.25, 0.3) is 0 Å². The normalized spacial score (nSPS) is 44.7. The zero-order valence-corrected chi connectivity index (χ0v) is 18.1. The minimum absolute atomic E-state index is 0.00281. The summed E-state index contributed by atoms with van der Waals surface area (Å²) in [6, 6.07) is 0. The van der Waals surface area contributed by atoms with E-state index < -0.39 is 73.8 Å². The quantitative estimate of drug-likeness (QED) is 0.186. The van der Waals surface area contributed by atoms with E-state index in [1.165, 1.54) is 6.92 Å². The number of ether oxygens (including phenoxy) is 4. The highest BCUT2D eigenvalue weighted by Crippen LogP contribution is 2.44. The molecule has 6 fully saturated rings. The van der Waals surface area contributed by atoms with Gasteiger partial charge in [-0.2, -0.15) is 0 Å². The zero-order valence-electron chi connectivity index (χ0n) is 18.1. The number of carbonyl (C=O) groups excluding carboxylic acids is 1. The van der Waals surface area contributed by atoms with Crippen molar-refractivity contribution in [3.8, 4) is 0 Å². The van der Waals surface area contributed by atoms with Crippen molar-refractivity contribution in [2.75, 3.05) is 33.0 Å². The molecule has 0 radical (unpaired) electrons. The maximum atomic E-state index is 11.6. The first-order valence-corrected chi connectivity index (χ1v) is 11.0. The van der Waals surface area contributed by atoms with E-state index in [0.29, 0.717) is 25.8 Å². The highest BCUT2D eigenvalue weighted by molar-refractivity contribution is 5.72. The Balaban J connectivity index is 1.93. The van der Waals surface area contributed by atoms with Crippen LogP contribution in [0.15, 0.2) is 0 Å². The summed E-state index contributed by atoms with van der Waals surface area (Å²) in [6.07, 6.45) is -8.91. The molecule has 2 unspecified atom stereocenters. The van der Waals surface area contributed by atoms with Crippen LogP contribution in [-0.2, 0) is 23.7 Å². The summed E-state index contributed by atoms with van der Waals surface area (Å²) in [5.74, 6) is -4.05. The number of hydrogen-bond donors (Lipinski definition) is 7. The van der Waals surface area contributed by atoms with Gasteiger partial charge in [0.1, 0.15) is 30.5 Å². The number of nitrogens with one attached hydrogen (secondary N) is 1. The van der Waals surface area contributed by atoms with Gasteiger partial charge in [0.15, 0.2) is 0 Å². The zero-order chi connectivity index (χ0) is 23.5. The highest BCUT2D eigenvalue weighted by Gasteiger charge is 2.64. The van der Waals surface area contributed by atoms with Gasteiger partial charge in [-0.05, 0) is 19.3 Å². The van der Waals surface area contributed by atoms with Crippen LogP contribution in [-0.4, -0.2) is 124 Å². The van der Waals surface area contributed by atoms with Gasteiger partial charge in [0.2, 0.25) is 11.7 Å². The van der Waals surface area contributed by atoms with Gasteiger partial charge in [-0.25, -0.2) is 0 Å². The SMILES string of the molecule is CC(=O)NCCCO[C@@H]1[C@@H](O)[C@@H]2OCCCC3O[C@H](CO)[C@H]([C@H](O)[C@H]3O)C1(O)O[C@@H]2CO. The predicted octanol–water partition coefficient (Wildman–Crippen LogP) is -3.38. The van der Waals surface area contributed by atoms with Crippen LogP contribution in [0.1, 0.15) is 26.2 Å². The molecule has 6 rings (SSSR count). The van der Waals surface area contributed by atoms with Gasteiger partial charge in [-0.15, -0.1) is 0 Å². The lowest BCUT2D eigenvalue weighted by molar-refractivity contribution is -0.407. The molecule has 12 heteroatoms. The molecule has 6 saturated heterocycles. The lowest BCUT2D eigenvalue weighted by Crippen LogP contribution is -2.74. The van der Waals surface area contributed by atoms with Crippen LogP contribution in [0.5, 0.6) is 0 Å². The van der Waals surface area contributed by atoms with Crippen molar-refractivity contribution in [3.05, 3.63) is 0 Å². The monoisotopic (exact) mass is 465 g/mol. The molecule has 0 spiro atoms. The summed E-state index contributed by atoms with van der Waals surface area (Å²) in [5.41, 5.74) is 0. The third-order valence-corrected chi connectivity index (χ3v) is 6.38. The second-order valence-electron chi connectivity index (χ2n) is 8.59. The fourth-order valence-electron chi connectivity index (χ4n) is 4.85. The molecule has 0 aromatic rings. The largest absolute Gasteiger partial charge is 0.394 e. The Morgan fingerprint density at radius 3 is 2.50 bits per heavy atom. The number of hydrogen-bond acceptors (Lipinski definition) is 11. The Hall–Kier alpha value is -0.930. The van der Waals surface area contributed by atoms with E-state index >= 15 is 0 Å². The lowest BCUT2D eigenvalue weighted by atomic mass is 9.74. The van der Waals surface area contributed by atoms with E-state index in [9.17, 15) is 35.4 Å². The fourth-order valence-corrected chi connectivity index (χ4v) is 4.85. The molecule has 6 heterocycles. The smallest absolute Gasteiger partial charge is 0.216 e. The van der Waals surface area contributed by atoms with Crippen LogP contribution in [0, 0.1) is 5.92 Å². The lowest BCUT2D eigenvalue weighted by Gasteiger charge is -2.56. The van der Waals surface area contributed by atoms with Gasteiger partial charge < -0.3 is 54.9 Å². The average Bonchev–Trinajstić information content (AvgIpc) is 2.75. The predicted molar refractivity (Wildman–Crippen MR) is 106 cm³/mol. The first kappa shape index (κ1) is 25.7. The molecule has 12 nitrogen and oxygen atoms in total. The molecule has 186 valence electrons. The Morgan fingerprint density at radius 2 is 1.84 bits per heavy atom. The van der Waals surface area contributed by atoms with Crippen LogP contribution in [0.3, 0.4) is 0 Å². The van der Waals surface area contributed by atoms with Gasteiger partial charge in [0, 0.05) is 26.7 Å². The standard InChI is InChI=1S/C20H35NO11/c1-10(24)21-5-3-7-30-19-17(27)18-13(9-23)32-20(19,28)14-12(8-22)31-11(4-2-6-29-18)15(25)16(14)26/h11-19,22-23,25-28H,2-9H2,1H3,(H,21,24)/t11?,12-,13-,14-,15+,16+,17+,18-,19-,20?/m1/s1. The number of aliphatic hydroxyl groups is 6. The van der Waals surface area contributed by atoms with E-state index in [0.717, 1.165) is 0 Å². The second-order valence-corrected chi connectivity index (χ2v) is 8.59. The van der Waals surface area contributed by atoms with E-state index in [2.05, 4.69) is 5.32 Å². The number of aliphatic hydroxyl groups excluding tert-OH is 5.